The van der Waals surface area contributed by atoms with E-state index in [0.29, 0.717) is 15.6 Å². The number of carbonyl (C=O) groups excluding carboxylic acids is 1. The zero-order chi connectivity index (χ0) is 17.0. The van der Waals surface area contributed by atoms with Gasteiger partial charge < -0.3 is 5.11 Å². The molecule has 0 heterocycles. The number of nitrogens with one attached hydrogen (secondary N) is 1. The first-order chi connectivity index (χ1) is 10.9. The summed E-state index contributed by atoms with van der Waals surface area (Å²) in [5, 5.41) is 24.5. The standard InChI is InChI=1S/C15H12BrN3O4/c1-9-6-11(19(22)23)7-10(14(9)20)8-17-18-15(21)12-4-2-3-5-13(12)16/h2-8,20H,1H3,(H,18,21). The number of phenols is 1. The van der Waals surface area contributed by atoms with Crippen molar-refractivity contribution >= 4 is 33.7 Å². The number of hydrogen-bond donors (Lipinski definition) is 2. The quantitative estimate of drug-likeness (QED) is 0.484. The fourth-order valence-electron chi connectivity index (χ4n) is 1.86. The van der Waals surface area contributed by atoms with Crippen LogP contribution in [0.25, 0.3) is 0 Å². The van der Waals surface area contributed by atoms with E-state index in [1.54, 1.807) is 31.2 Å². The Bertz CT molecular complexity index is 805. The number of carbonyl (C=O) groups is 1. The monoisotopic (exact) mass is 377 g/mol. The van der Waals surface area contributed by atoms with Crippen molar-refractivity contribution in [3.05, 3.63) is 67.7 Å². The molecule has 2 N–H and O–H groups in total. The van der Waals surface area contributed by atoms with Crippen LogP contribution in [0.1, 0.15) is 21.5 Å². The van der Waals surface area contributed by atoms with Gasteiger partial charge in [0.05, 0.1) is 16.7 Å². The zero-order valence-corrected chi connectivity index (χ0v) is 13.6. The predicted molar refractivity (Wildman–Crippen MR) is 88.7 cm³/mol. The average molecular weight is 378 g/mol. The van der Waals surface area contributed by atoms with E-state index in [-0.39, 0.29) is 17.0 Å². The number of hydrazone groups is 1. The molecule has 0 saturated heterocycles. The van der Waals surface area contributed by atoms with E-state index in [2.05, 4.69) is 26.5 Å². The zero-order valence-electron chi connectivity index (χ0n) is 12.0. The van der Waals surface area contributed by atoms with E-state index in [0.717, 1.165) is 6.21 Å². The molecule has 0 fully saturated rings. The predicted octanol–water partition coefficient (Wildman–Crippen LogP) is 3.14. The Balaban J connectivity index is 2.19. The van der Waals surface area contributed by atoms with E-state index in [9.17, 15) is 20.0 Å². The lowest BCUT2D eigenvalue weighted by molar-refractivity contribution is -0.384. The third kappa shape index (κ3) is 3.92. The molecule has 0 atom stereocenters. The minimum Gasteiger partial charge on any atom is -0.507 e. The highest BCUT2D eigenvalue weighted by Crippen LogP contribution is 2.26. The number of amides is 1. The van der Waals surface area contributed by atoms with Gasteiger partial charge in [-0.3, -0.25) is 14.9 Å². The van der Waals surface area contributed by atoms with Gasteiger partial charge in [0.2, 0.25) is 0 Å². The summed E-state index contributed by atoms with van der Waals surface area (Å²) in [6.07, 6.45) is 1.16. The van der Waals surface area contributed by atoms with E-state index in [1.165, 1.54) is 12.1 Å². The Labute approximate surface area is 139 Å². The highest BCUT2D eigenvalue weighted by Gasteiger charge is 2.13. The number of benzene rings is 2. The normalized spacial score (nSPS) is 10.7. The molecular weight excluding hydrogens is 366 g/mol. The summed E-state index contributed by atoms with van der Waals surface area (Å²) in [5.41, 5.74) is 3.02. The van der Waals surface area contributed by atoms with Crippen LogP contribution in [0.2, 0.25) is 0 Å². The first-order valence-corrected chi connectivity index (χ1v) is 7.25. The van der Waals surface area contributed by atoms with Crippen LogP contribution in [0.15, 0.2) is 46.0 Å². The molecule has 0 unspecified atom stereocenters. The molecule has 0 radical (unpaired) electrons. The van der Waals surface area contributed by atoms with Crippen LogP contribution >= 0.6 is 15.9 Å². The number of halogens is 1. The fraction of sp³-hybridized carbons (Fsp3) is 0.0667. The molecule has 0 bridgehead atoms. The summed E-state index contributed by atoms with van der Waals surface area (Å²) in [7, 11) is 0. The first kappa shape index (κ1) is 16.6. The molecule has 118 valence electrons. The summed E-state index contributed by atoms with van der Waals surface area (Å²) in [6.45, 7) is 1.54. The van der Waals surface area contributed by atoms with E-state index in [4.69, 9.17) is 0 Å². The van der Waals surface area contributed by atoms with Crippen LogP contribution in [0.3, 0.4) is 0 Å². The van der Waals surface area contributed by atoms with Crippen molar-refractivity contribution in [2.75, 3.05) is 0 Å². The van der Waals surface area contributed by atoms with Gasteiger partial charge in [0.25, 0.3) is 11.6 Å². The van der Waals surface area contributed by atoms with E-state index >= 15 is 0 Å². The number of non-ortho nitro benzene ring substituents is 1. The van der Waals surface area contributed by atoms with Crippen molar-refractivity contribution in [3.8, 4) is 5.75 Å². The highest BCUT2D eigenvalue weighted by atomic mass is 79.9. The van der Waals surface area contributed by atoms with Crippen LogP contribution in [0.4, 0.5) is 5.69 Å². The molecule has 0 saturated carbocycles. The topological polar surface area (TPSA) is 105 Å². The van der Waals surface area contributed by atoms with Gasteiger partial charge in [-0.25, -0.2) is 5.43 Å². The molecule has 0 aliphatic carbocycles. The van der Waals surface area contributed by atoms with Crippen molar-refractivity contribution in [2.45, 2.75) is 6.92 Å². The number of rotatable bonds is 4. The lowest BCUT2D eigenvalue weighted by Crippen LogP contribution is -2.18. The van der Waals surface area contributed by atoms with E-state index < -0.39 is 10.8 Å². The van der Waals surface area contributed by atoms with Crippen LogP contribution in [0, 0.1) is 17.0 Å². The largest absolute Gasteiger partial charge is 0.507 e. The molecule has 0 aliphatic rings. The number of hydrogen-bond acceptors (Lipinski definition) is 5. The van der Waals surface area contributed by atoms with Gasteiger partial charge in [-0.1, -0.05) is 12.1 Å². The summed E-state index contributed by atoms with van der Waals surface area (Å²) in [4.78, 5) is 22.2. The van der Waals surface area contributed by atoms with E-state index in [1.807, 2.05) is 0 Å². The lowest BCUT2D eigenvalue weighted by Gasteiger charge is -2.04. The van der Waals surface area contributed by atoms with Gasteiger partial charge in [0.15, 0.2) is 0 Å². The lowest BCUT2D eigenvalue weighted by atomic mass is 10.1. The van der Waals surface area contributed by atoms with Crippen molar-refractivity contribution in [3.63, 3.8) is 0 Å². The Kier molecular flexibility index (Phi) is 5.07. The third-order valence-corrected chi connectivity index (χ3v) is 3.71. The van der Waals surface area contributed by atoms with Crippen LogP contribution in [-0.4, -0.2) is 22.2 Å². The van der Waals surface area contributed by atoms with Gasteiger partial charge in [-0.2, -0.15) is 5.10 Å². The number of aromatic hydroxyl groups is 1. The highest BCUT2D eigenvalue weighted by molar-refractivity contribution is 9.10. The smallest absolute Gasteiger partial charge is 0.272 e. The Morgan fingerprint density at radius 1 is 1.39 bits per heavy atom. The summed E-state index contributed by atoms with van der Waals surface area (Å²) >= 11 is 3.25. The second kappa shape index (κ2) is 7.01. The minimum atomic E-state index is -0.566. The molecule has 2 rings (SSSR count). The number of aryl methyl sites for hydroxylation is 1. The molecule has 2 aromatic carbocycles. The second-order valence-electron chi connectivity index (χ2n) is 4.64. The molecule has 1 amide bonds. The van der Waals surface area contributed by atoms with Crippen LogP contribution in [-0.2, 0) is 0 Å². The molecule has 8 heteroatoms. The Morgan fingerprint density at radius 3 is 2.74 bits per heavy atom. The number of nitrogens with zero attached hydrogens (tertiary/aromatic N) is 2. The summed E-state index contributed by atoms with van der Waals surface area (Å²) < 4.78 is 0.613. The molecule has 0 spiro atoms. The minimum absolute atomic E-state index is 0.130. The van der Waals surface area contributed by atoms with Gasteiger partial charge in [0.1, 0.15) is 5.75 Å². The molecule has 0 aromatic heterocycles. The fourth-order valence-corrected chi connectivity index (χ4v) is 2.32. The second-order valence-corrected chi connectivity index (χ2v) is 5.49. The van der Waals surface area contributed by atoms with Gasteiger partial charge in [0, 0.05) is 22.2 Å². The van der Waals surface area contributed by atoms with Crippen LogP contribution < -0.4 is 5.43 Å². The summed E-state index contributed by atoms with van der Waals surface area (Å²) in [5.74, 6) is -0.579. The molecule has 0 aliphatic heterocycles. The number of phenolic OH excluding ortho intramolecular Hbond substituents is 1. The van der Waals surface area contributed by atoms with Gasteiger partial charge in [-0.05, 0) is 40.5 Å². The van der Waals surface area contributed by atoms with Gasteiger partial charge >= 0.3 is 0 Å². The average Bonchev–Trinajstić information content (AvgIpc) is 2.51. The van der Waals surface area contributed by atoms with Crippen LogP contribution in [0.5, 0.6) is 5.75 Å². The molecule has 7 nitrogen and oxygen atoms in total. The maximum Gasteiger partial charge on any atom is 0.272 e. The number of nitro benzene ring substituents is 1. The van der Waals surface area contributed by atoms with Crippen molar-refractivity contribution < 1.29 is 14.8 Å². The molecular formula is C15H12BrN3O4. The maximum atomic E-state index is 12.0. The third-order valence-electron chi connectivity index (χ3n) is 3.01. The Hall–Kier alpha value is -2.74. The van der Waals surface area contributed by atoms with Crippen molar-refractivity contribution in [2.24, 2.45) is 5.10 Å². The summed E-state index contributed by atoms with van der Waals surface area (Å²) in [6, 6.07) is 9.24. The Morgan fingerprint density at radius 2 is 2.09 bits per heavy atom. The first-order valence-electron chi connectivity index (χ1n) is 6.46. The maximum absolute atomic E-state index is 12.0. The number of nitro groups is 1. The molecule has 23 heavy (non-hydrogen) atoms. The van der Waals surface area contributed by atoms with Crippen molar-refractivity contribution in [1.82, 2.24) is 5.43 Å². The van der Waals surface area contributed by atoms with Crippen molar-refractivity contribution in [1.29, 1.82) is 0 Å². The van der Waals surface area contributed by atoms with Gasteiger partial charge in [-0.15, -0.1) is 0 Å². The molecule has 2 aromatic rings. The SMILES string of the molecule is Cc1cc([N+](=O)[O-])cc(C=NNC(=O)c2ccccc2Br)c1O.